The van der Waals surface area contributed by atoms with Crippen LogP contribution in [0.2, 0.25) is 0 Å². The normalized spacial score (nSPS) is 16.8. The van der Waals surface area contributed by atoms with Crippen LogP contribution in [0.4, 0.5) is 0 Å². The quantitative estimate of drug-likeness (QED) is 0.638. The molecule has 3 aromatic rings. The molecule has 0 unspecified atom stereocenters. The second-order valence-electron chi connectivity index (χ2n) is 5.82. The van der Waals surface area contributed by atoms with Crippen LogP contribution in [0.5, 0.6) is 0 Å². The highest BCUT2D eigenvalue weighted by Crippen LogP contribution is 2.36. The summed E-state index contributed by atoms with van der Waals surface area (Å²) in [5.41, 5.74) is 1.63. The second kappa shape index (κ2) is 6.30. The number of pyridine rings is 1. The molecule has 0 saturated carbocycles. The molecule has 1 atom stereocenters. The molecule has 25 heavy (non-hydrogen) atoms. The van der Waals surface area contributed by atoms with Crippen LogP contribution >= 0.6 is 27.5 Å². The van der Waals surface area contributed by atoms with Crippen LogP contribution in [-0.2, 0) is 6.54 Å². The molecular formula is C16H15BrN6OS. The average Bonchev–Trinajstić information content (AvgIpc) is 3.19. The maximum Gasteiger partial charge on any atom is 0.254 e. The van der Waals surface area contributed by atoms with Gasteiger partial charge in [0, 0.05) is 31.0 Å². The number of hydrogen-bond donors (Lipinski definition) is 0. The minimum Gasteiger partial charge on any atom is -0.328 e. The van der Waals surface area contributed by atoms with E-state index >= 15 is 0 Å². The van der Waals surface area contributed by atoms with E-state index in [1.54, 1.807) is 24.5 Å². The fraction of sp³-hybridized carbons (Fsp3) is 0.312. The number of nitrogens with zero attached hydrogens (tertiary/aromatic N) is 6. The molecule has 128 valence electrons. The molecule has 0 spiro atoms. The topological polar surface area (TPSA) is 76.8 Å². The maximum atomic E-state index is 12.8. The number of rotatable bonds is 2. The molecule has 0 bridgehead atoms. The van der Waals surface area contributed by atoms with Gasteiger partial charge in [-0.2, -0.15) is 4.37 Å². The van der Waals surface area contributed by atoms with Crippen LogP contribution in [0, 0.1) is 6.92 Å². The van der Waals surface area contributed by atoms with Crippen LogP contribution in [0.1, 0.15) is 34.8 Å². The lowest BCUT2D eigenvalue weighted by molar-refractivity contribution is 0.0643. The lowest BCUT2D eigenvalue weighted by atomic mass is 10.1. The summed E-state index contributed by atoms with van der Waals surface area (Å²) in [5.74, 6) is 1.55. The fourth-order valence-corrected chi connectivity index (χ4v) is 4.48. The summed E-state index contributed by atoms with van der Waals surface area (Å²) in [6.45, 7) is 5.17. The molecule has 4 rings (SSSR count). The Bertz CT molecular complexity index is 938. The van der Waals surface area contributed by atoms with Gasteiger partial charge in [-0.15, -0.1) is 0 Å². The smallest absolute Gasteiger partial charge is 0.254 e. The van der Waals surface area contributed by atoms with Crippen molar-refractivity contribution in [1.82, 2.24) is 28.8 Å². The number of hydrogen-bond acceptors (Lipinski definition) is 6. The number of aromatic nitrogens is 5. The van der Waals surface area contributed by atoms with E-state index in [0.717, 1.165) is 27.0 Å². The first kappa shape index (κ1) is 16.3. The van der Waals surface area contributed by atoms with Gasteiger partial charge in [-0.05, 0) is 53.4 Å². The minimum atomic E-state index is -0.0981. The summed E-state index contributed by atoms with van der Waals surface area (Å²) < 4.78 is 7.12. The fourth-order valence-electron chi connectivity index (χ4n) is 3.10. The molecule has 9 heteroatoms. The first-order valence-corrected chi connectivity index (χ1v) is 9.40. The van der Waals surface area contributed by atoms with Crippen molar-refractivity contribution in [2.24, 2.45) is 0 Å². The summed E-state index contributed by atoms with van der Waals surface area (Å²) in [6, 6.07) is 3.38. The molecule has 0 saturated heterocycles. The van der Waals surface area contributed by atoms with Crippen LogP contribution < -0.4 is 0 Å². The molecule has 1 aliphatic rings. The SMILES string of the molecule is Cc1nsc(-c2nc(Br)c3n2CCN(C(=O)c2ccncc2)[C@@H]3C)n1. The average molecular weight is 419 g/mol. The Kier molecular flexibility index (Phi) is 4.12. The van der Waals surface area contributed by atoms with E-state index in [0.29, 0.717) is 18.7 Å². The van der Waals surface area contributed by atoms with E-state index in [9.17, 15) is 4.79 Å². The van der Waals surface area contributed by atoms with E-state index in [1.165, 1.54) is 11.5 Å². The van der Waals surface area contributed by atoms with Crippen LogP contribution in [0.15, 0.2) is 29.1 Å². The largest absolute Gasteiger partial charge is 0.328 e. The number of amides is 1. The highest BCUT2D eigenvalue weighted by atomic mass is 79.9. The minimum absolute atomic E-state index is 0.00237. The Morgan fingerprint density at radius 2 is 2.04 bits per heavy atom. The number of carbonyl (C=O) groups excluding carboxylic acids is 1. The van der Waals surface area contributed by atoms with E-state index in [1.807, 2.05) is 18.7 Å². The van der Waals surface area contributed by atoms with Crippen molar-refractivity contribution in [2.75, 3.05) is 6.54 Å². The van der Waals surface area contributed by atoms with Gasteiger partial charge in [-0.25, -0.2) is 9.97 Å². The van der Waals surface area contributed by atoms with Gasteiger partial charge in [0.1, 0.15) is 10.4 Å². The summed E-state index contributed by atoms with van der Waals surface area (Å²) >= 11 is 4.90. The molecule has 0 N–H and O–H groups in total. The third-order valence-corrected chi connectivity index (χ3v) is 5.68. The summed E-state index contributed by atoms with van der Waals surface area (Å²) in [4.78, 5) is 27.8. The van der Waals surface area contributed by atoms with E-state index < -0.39 is 0 Å². The van der Waals surface area contributed by atoms with Gasteiger partial charge in [0.2, 0.25) is 0 Å². The zero-order valence-corrected chi connectivity index (χ0v) is 16.1. The Labute approximate surface area is 157 Å². The molecule has 1 amide bonds. The van der Waals surface area contributed by atoms with Crippen molar-refractivity contribution < 1.29 is 4.79 Å². The van der Waals surface area contributed by atoms with E-state index in [-0.39, 0.29) is 11.9 Å². The standard InChI is InChI=1S/C16H15BrN6OS/c1-9-12-13(17)20-14(15-19-10(2)21-25-15)23(12)8-7-22(9)16(24)11-3-5-18-6-4-11/h3-6,9H,7-8H2,1-2H3/t9-/m1/s1. The van der Waals surface area contributed by atoms with Crippen molar-refractivity contribution in [3.05, 3.63) is 46.2 Å². The zero-order chi connectivity index (χ0) is 17.6. The zero-order valence-electron chi connectivity index (χ0n) is 13.7. The molecule has 3 aromatic heterocycles. The van der Waals surface area contributed by atoms with E-state index in [4.69, 9.17) is 0 Å². The number of carbonyl (C=O) groups is 1. The van der Waals surface area contributed by atoms with Crippen molar-refractivity contribution in [2.45, 2.75) is 26.4 Å². The number of halogens is 1. The van der Waals surface area contributed by atoms with Gasteiger partial charge >= 0.3 is 0 Å². The van der Waals surface area contributed by atoms with Gasteiger partial charge in [-0.3, -0.25) is 9.78 Å². The van der Waals surface area contributed by atoms with Gasteiger partial charge in [0.15, 0.2) is 10.8 Å². The van der Waals surface area contributed by atoms with Gasteiger partial charge in [0.05, 0.1) is 11.7 Å². The van der Waals surface area contributed by atoms with Crippen molar-refractivity contribution in [1.29, 1.82) is 0 Å². The van der Waals surface area contributed by atoms with Gasteiger partial charge in [0.25, 0.3) is 5.91 Å². The number of imidazole rings is 1. The predicted octanol–water partition coefficient (Wildman–Crippen LogP) is 3.08. The lowest BCUT2D eigenvalue weighted by Gasteiger charge is -2.35. The first-order valence-electron chi connectivity index (χ1n) is 7.84. The number of aryl methyl sites for hydroxylation is 1. The van der Waals surface area contributed by atoms with Crippen LogP contribution in [0.3, 0.4) is 0 Å². The lowest BCUT2D eigenvalue weighted by Crippen LogP contribution is -2.41. The maximum absolute atomic E-state index is 12.8. The Hall–Kier alpha value is -2.13. The Morgan fingerprint density at radius 1 is 1.28 bits per heavy atom. The Morgan fingerprint density at radius 3 is 2.72 bits per heavy atom. The number of fused-ring (bicyclic) bond motifs is 1. The molecule has 1 aliphatic heterocycles. The van der Waals surface area contributed by atoms with E-state index in [2.05, 4.69) is 39.8 Å². The molecular weight excluding hydrogens is 404 g/mol. The highest BCUT2D eigenvalue weighted by Gasteiger charge is 2.33. The molecule has 0 aromatic carbocycles. The van der Waals surface area contributed by atoms with Crippen molar-refractivity contribution >= 4 is 33.4 Å². The first-order chi connectivity index (χ1) is 12.1. The monoisotopic (exact) mass is 418 g/mol. The molecule has 0 fully saturated rings. The second-order valence-corrected chi connectivity index (χ2v) is 7.32. The third-order valence-electron chi connectivity index (χ3n) is 4.30. The van der Waals surface area contributed by atoms with Crippen molar-refractivity contribution in [3.63, 3.8) is 0 Å². The molecule has 7 nitrogen and oxygen atoms in total. The predicted molar refractivity (Wildman–Crippen MR) is 97.3 cm³/mol. The third kappa shape index (κ3) is 2.77. The van der Waals surface area contributed by atoms with Gasteiger partial charge < -0.3 is 9.47 Å². The molecule has 4 heterocycles. The highest BCUT2D eigenvalue weighted by molar-refractivity contribution is 9.10. The summed E-state index contributed by atoms with van der Waals surface area (Å²) in [6.07, 6.45) is 3.27. The summed E-state index contributed by atoms with van der Waals surface area (Å²) in [5, 5.41) is 0.797. The molecule has 0 aliphatic carbocycles. The summed E-state index contributed by atoms with van der Waals surface area (Å²) in [7, 11) is 0. The van der Waals surface area contributed by atoms with Crippen LogP contribution in [-0.4, -0.2) is 41.2 Å². The van der Waals surface area contributed by atoms with Crippen LogP contribution in [0.25, 0.3) is 10.8 Å². The Balaban J connectivity index is 1.71. The van der Waals surface area contributed by atoms with Gasteiger partial charge in [-0.1, -0.05) is 0 Å². The molecule has 0 radical (unpaired) electrons. The van der Waals surface area contributed by atoms with Crippen molar-refractivity contribution in [3.8, 4) is 10.8 Å².